The Labute approximate surface area is 165 Å². The van der Waals surface area contributed by atoms with Crippen molar-refractivity contribution in [1.82, 2.24) is 0 Å². The second kappa shape index (κ2) is 7.88. The van der Waals surface area contributed by atoms with Gasteiger partial charge in [-0.3, -0.25) is 0 Å². The van der Waals surface area contributed by atoms with Gasteiger partial charge in [0.05, 0.1) is 0 Å². The van der Waals surface area contributed by atoms with Crippen LogP contribution in [0.25, 0.3) is 11.1 Å². The fourth-order valence-corrected chi connectivity index (χ4v) is 6.14. The highest BCUT2D eigenvalue weighted by Gasteiger charge is 2.28. The van der Waals surface area contributed by atoms with Crippen LogP contribution in [0.3, 0.4) is 0 Å². The van der Waals surface area contributed by atoms with Gasteiger partial charge in [0.15, 0.2) is 0 Å². The molecule has 0 saturated carbocycles. The van der Waals surface area contributed by atoms with Gasteiger partial charge in [-0.05, 0) is 23.3 Å². The molecule has 0 aliphatic carbocycles. The fraction of sp³-hybridized carbons (Fsp3) is 0.0400. The van der Waals surface area contributed by atoms with Crippen LogP contribution in [0.2, 0.25) is 0 Å². The van der Waals surface area contributed by atoms with Gasteiger partial charge in [0.2, 0.25) is 0 Å². The van der Waals surface area contributed by atoms with Gasteiger partial charge in [0.25, 0.3) is 0 Å². The van der Waals surface area contributed by atoms with Crippen molar-refractivity contribution in [3.63, 3.8) is 0 Å². The molecule has 0 aliphatic heterocycles. The Hall–Kier alpha value is -3.09. The van der Waals surface area contributed by atoms with Crippen LogP contribution in [0.4, 0.5) is 0 Å². The number of phenols is 1. The minimum absolute atomic E-state index is 0.173. The van der Waals surface area contributed by atoms with Crippen LogP contribution in [-0.4, -0.2) is 5.11 Å². The zero-order chi connectivity index (χ0) is 19.4. The topological polar surface area (TPSA) is 37.3 Å². The zero-order valence-electron chi connectivity index (χ0n) is 15.4. The molecular weight excluding hydrogens is 363 g/mol. The standard InChI is InChI=1S/C25H21O2P/c26-25-17-16-21(20-10-4-1-5-11-20)18-22(25)19-28(27,23-12-6-2-7-13-23)24-14-8-3-9-15-24/h1-18,26H,19H2. The Morgan fingerprint density at radius 3 is 1.64 bits per heavy atom. The molecule has 138 valence electrons. The average molecular weight is 384 g/mol. The molecule has 0 saturated heterocycles. The second-order valence-electron chi connectivity index (χ2n) is 6.78. The third-order valence-corrected chi connectivity index (χ3v) is 7.98. The third kappa shape index (κ3) is 3.65. The Morgan fingerprint density at radius 1 is 0.607 bits per heavy atom. The summed E-state index contributed by atoms with van der Waals surface area (Å²) in [5.74, 6) is 0.173. The molecule has 1 N–H and O–H groups in total. The van der Waals surface area contributed by atoms with Crippen molar-refractivity contribution in [1.29, 1.82) is 0 Å². The summed E-state index contributed by atoms with van der Waals surface area (Å²) in [7, 11) is -2.94. The van der Waals surface area contributed by atoms with Crippen molar-refractivity contribution in [2.75, 3.05) is 0 Å². The molecule has 2 nitrogen and oxygen atoms in total. The maximum atomic E-state index is 14.3. The summed E-state index contributed by atoms with van der Waals surface area (Å²) < 4.78 is 14.3. The van der Waals surface area contributed by atoms with E-state index in [9.17, 15) is 9.67 Å². The first kappa shape index (κ1) is 18.3. The maximum Gasteiger partial charge on any atom is 0.147 e. The number of phenolic OH excluding ortho intramolecular Hbond substituents is 1. The lowest BCUT2D eigenvalue weighted by Crippen LogP contribution is -2.17. The van der Waals surface area contributed by atoms with Crippen molar-refractivity contribution in [3.05, 3.63) is 115 Å². The molecule has 3 heteroatoms. The minimum Gasteiger partial charge on any atom is -0.508 e. The number of hydrogen-bond donors (Lipinski definition) is 1. The van der Waals surface area contributed by atoms with Crippen LogP contribution >= 0.6 is 7.14 Å². The van der Waals surface area contributed by atoms with E-state index in [1.54, 1.807) is 6.07 Å². The molecule has 4 aromatic carbocycles. The molecule has 0 fully saturated rings. The summed E-state index contributed by atoms with van der Waals surface area (Å²) in [6.07, 6.45) is 0.271. The van der Waals surface area contributed by atoms with Gasteiger partial charge in [0.1, 0.15) is 12.9 Å². The van der Waals surface area contributed by atoms with E-state index in [1.807, 2.05) is 103 Å². The third-order valence-electron chi connectivity index (χ3n) is 4.93. The van der Waals surface area contributed by atoms with Gasteiger partial charge in [-0.25, -0.2) is 0 Å². The van der Waals surface area contributed by atoms with Gasteiger partial charge >= 0.3 is 0 Å². The summed E-state index contributed by atoms with van der Waals surface area (Å²) in [5, 5.41) is 12.1. The molecule has 4 aromatic rings. The highest BCUT2D eigenvalue weighted by atomic mass is 31.2. The summed E-state index contributed by atoms with van der Waals surface area (Å²) in [6, 6.07) is 34.7. The first-order valence-electron chi connectivity index (χ1n) is 9.24. The van der Waals surface area contributed by atoms with E-state index < -0.39 is 7.14 Å². The SMILES string of the molecule is O=P(Cc1cc(-c2ccccc2)ccc1O)(c1ccccc1)c1ccccc1. The number of rotatable bonds is 5. The van der Waals surface area contributed by atoms with Gasteiger partial charge in [0, 0.05) is 22.3 Å². The van der Waals surface area contributed by atoms with Crippen LogP contribution in [0.5, 0.6) is 5.75 Å². The highest BCUT2D eigenvalue weighted by Crippen LogP contribution is 2.48. The smallest absolute Gasteiger partial charge is 0.147 e. The lowest BCUT2D eigenvalue weighted by Gasteiger charge is -2.20. The molecule has 0 amide bonds. The molecule has 0 radical (unpaired) electrons. The maximum absolute atomic E-state index is 14.3. The van der Waals surface area contributed by atoms with E-state index in [2.05, 4.69) is 0 Å². The van der Waals surface area contributed by atoms with Gasteiger partial charge < -0.3 is 9.67 Å². The van der Waals surface area contributed by atoms with Crippen LogP contribution in [0.1, 0.15) is 5.56 Å². The van der Waals surface area contributed by atoms with Crippen molar-refractivity contribution in [2.24, 2.45) is 0 Å². The van der Waals surface area contributed by atoms with E-state index in [0.717, 1.165) is 21.7 Å². The van der Waals surface area contributed by atoms with Crippen LogP contribution in [0, 0.1) is 0 Å². The summed E-state index contributed by atoms with van der Waals surface area (Å²) in [4.78, 5) is 0. The van der Waals surface area contributed by atoms with E-state index >= 15 is 0 Å². The summed E-state index contributed by atoms with van der Waals surface area (Å²) in [5.41, 5.74) is 2.76. The number of hydrogen-bond acceptors (Lipinski definition) is 2. The van der Waals surface area contributed by atoms with Crippen LogP contribution in [-0.2, 0) is 10.7 Å². The van der Waals surface area contributed by atoms with E-state index in [1.165, 1.54) is 0 Å². The van der Waals surface area contributed by atoms with Gasteiger partial charge in [-0.2, -0.15) is 0 Å². The molecule has 0 atom stereocenters. The fourth-order valence-electron chi connectivity index (χ4n) is 3.43. The molecule has 0 heterocycles. The lowest BCUT2D eigenvalue weighted by atomic mass is 10.0. The number of aromatic hydroxyl groups is 1. The lowest BCUT2D eigenvalue weighted by molar-refractivity contribution is 0.470. The van der Waals surface area contributed by atoms with E-state index in [-0.39, 0.29) is 11.9 Å². The molecule has 0 unspecified atom stereocenters. The Balaban J connectivity index is 1.81. The van der Waals surface area contributed by atoms with Crippen molar-refractivity contribution in [2.45, 2.75) is 6.16 Å². The Morgan fingerprint density at radius 2 is 1.11 bits per heavy atom. The normalized spacial score (nSPS) is 11.3. The van der Waals surface area contributed by atoms with Crippen LogP contribution < -0.4 is 10.6 Å². The molecule has 4 rings (SSSR count). The van der Waals surface area contributed by atoms with Gasteiger partial charge in [-0.15, -0.1) is 0 Å². The molecule has 0 spiro atoms. The zero-order valence-corrected chi connectivity index (χ0v) is 16.3. The van der Waals surface area contributed by atoms with E-state index in [4.69, 9.17) is 0 Å². The van der Waals surface area contributed by atoms with Gasteiger partial charge in [-0.1, -0.05) is 97.1 Å². The quantitative estimate of drug-likeness (QED) is 0.457. The molecular formula is C25H21O2P. The molecule has 0 aliphatic rings. The first-order valence-corrected chi connectivity index (χ1v) is 11.1. The monoisotopic (exact) mass is 384 g/mol. The van der Waals surface area contributed by atoms with E-state index in [0.29, 0.717) is 5.56 Å². The largest absolute Gasteiger partial charge is 0.508 e. The number of benzene rings is 4. The van der Waals surface area contributed by atoms with Crippen molar-refractivity contribution >= 4 is 17.8 Å². The van der Waals surface area contributed by atoms with Crippen LogP contribution in [0.15, 0.2) is 109 Å². The predicted octanol–water partition coefficient (Wildman–Crippen LogP) is 5.57. The summed E-state index contributed by atoms with van der Waals surface area (Å²) >= 11 is 0. The van der Waals surface area contributed by atoms with Crippen molar-refractivity contribution < 1.29 is 9.67 Å². The predicted molar refractivity (Wildman–Crippen MR) is 117 cm³/mol. The molecule has 0 bridgehead atoms. The van der Waals surface area contributed by atoms with Crippen molar-refractivity contribution in [3.8, 4) is 16.9 Å². The summed E-state index contributed by atoms with van der Waals surface area (Å²) in [6.45, 7) is 0. The second-order valence-corrected chi connectivity index (χ2v) is 9.61. The highest BCUT2D eigenvalue weighted by molar-refractivity contribution is 7.78. The first-order chi connectivity index (χ1) is 13.7. The Bertz CT molecular complexity index is 1060. The average Bonchev–Trinajstić information content (AvgIpc) is 2.77. The Kier molecular flexibility index (Phi) is 5.14. The molecule has 0 aromatic heterocycles. The molecule has 28 heavy (non-hydrogen) atoms. The minimum atomic E-state index is -2.94.